The van der Waals surface area contributed by atoms with E-state index in [4.69, 9.17) is 9.97 Å². The molecule has 0 aliphatic heterocycles. The molecule has 0 aliphatic rings. The van der Waals surface area contributed by atoms with E-state index in [-0.39, 0.29) is 42.1 Å². The van der Waals surface area contributed by atoms with E-state index >= 15 is 0 Å². The maximum Gasteiger partial charge on any atom is 2.00 e. The molecule has 8 aromatic carbocycles. The normalized spacial score (nSPS) is 11.4. The van der Waals surface area contributed by atoms with Crippen molar-refractivity contribution in [3.8, 4) is 79.4 Å². The minimum atomic E-state index is 0. The number of benzene rings is 8. The van der Waals surface area contributed by atoms with Crippen LogP contribution in [-0.4, -0.2) is 77.3 Å². The summed E-state index contributed by atoms with van der Waals surface area (Å²) < 4.78 is 16.1. The van der Waals surface area contributed by atoms with Crippen LogP contribution in [0, 0.1) is 24.3 Å². The zero-order valence-corrected chi connectivity index (χ0v) is 53.6. The zero-order chi connectivity index (χ0) is 59.8. The van der Waals surface area contributed by atoms with Gasteiger partial charge < -0.3 is 28.2 Å². The summed E-state index contributed by atoms with van der Waals surface area (Å²) in [6.45, 7) is 0. The quantitative estimate of drug-likeness (QED) is 0.123. The van der Waals surface area contributed by atoms with Gasteiger partial charge in [0.2, 0.25) is 0 Å². The van der Waals surface area contributed by atoms with Crippen molar-refractivity contribution in [3.63, 3.8) is 0 Å². The zero-order valence-electron chi connectivity index (χ0n) is 49.0. The third-order valence-electron chi connectivity index (χ3n) is 16.5. The molecule has 92 heavy (non-hydrogen) atoms. The first-order valence-electron chi connectivity index (χ1n) is 29.3. The largest absolute Gasteiger partial charge is 2.00 e. The molecule has 444 valence electrons. The number of imidazole rings is 2. The van der Waals surface area contributed by atoms with Crippen molar-refractivity contribution in [3.05, 3.63) is 280 Å². The SMILES string of the molecule is Cn1c(-c2[c-]c3c(cc2)c2cc(-n4cccn4)ccc2n3-c2[c-]c(-c3ccccn3)ccc2)nc2cc(-n3cccn3)ccc21.Cn1c(-c2[c-]c3c(cc2)c2ccccc2n3-c2[c-]c(-c3ccccn3)cc(-n3cccn3)c2)nc2ccc(-n3cccn3)cc21.[Pt+2].[Pt+2]. The molecule has 10 heterocycles. The molecule has 0 saturated carbocycles. The molecule has 0 bridgehead atoms. The first-order chi connectivity index (χ1) is 44.4. The summed E-state index contributed by atoms with van der Waals surface area (Å²) in [6, 6.07) is 80.6. The molecule has 0 spiro atoms. The van der Waals surface area contributed by atoms with Crippen LogP contribution in [0.2, 0.25) is 0 Å². The van der Waals surface area contributed by atoms with Crippen molar-refractivity contribution in [1.82, 2.24) is 77.3 Å². The summed E-state index contributed by atoms with van der Waals surface area (Å²) in [6.07, 6.45) is 18.5. The summed E-state index contributed by atoms with van der Waals surface area (Å²) in [5, 5.41) is 22.2. The minimum Gasteiger partial charge on any atom is -0.367 e. The van der Waals surface area contributed by atoms with Gasteiger partial charge >= 0.3 is 42.1 Å². The monoisotopic (exact) mass is 1550 g/mol. The number of para-hydroxylation sites is 1. The summed E-state index contributed by atoms with van der Waals surface area (Å²) >= 11 is 0. The van der Waals surface area contributed by atoms with E-state index in [1.807, 2.05) is 143 Å². The summed E-state index contributed by atoms with van der Waals surface area (Å²) in [7, 11) is 4.10. The van der Waals surface area contributed by atoms with E-state index in [0.29, 0.717) is 0 Å². The van der Waals surface area contributed by atoms with E-state index in [1.165, 1.54) is 0 Å². The maximum absolute atomic E-state index is 5.07. The van der Waals surface area contributed by atoms with Gasteiger partial charge in [-0.1, -0.05) is 59.3 Å². The Bertz CT molecular complexity index is 5690. The van der Waals surface area contributed by atoms with Crippen LogP contribution in [0.15, 0.2) is 256 Å². The first-order valence-corrected chi connectivity index (χ1v) is 29.3. The number of rotatable bonds is 10. The number of aromatic nitrogens is 16. The van der Waals surface area contributed by atoms with E-state index < -0.39 is 0 Å². The van der Waals surface area contributed by atoms with Gasteiger partial charge in [-0.3, -0.25) is 14.6 Å². The third kappa shape index (κ3) is 9.97. The minimum absolute atomic E-state index is 0. The van der Waals surface area contributed by atoms with Crippen molar-refractivity contribution in [1.29, 1.82) is 0 Å². The van der Waals surface area contributed by atoms with Crippen molar-refractivity contribution in [2.75, 3.05) is 0 Å². The van der Waals surface area contributed by atoms with Gasteiger partial charge in [0.25, 0.3) is 0 Å². The van der Waals surface area contributed by atoms with Gasteiger partial charge in [0, 0.05) is 87.1 Å². The summed E-state index contributed by atoms with van der Waals surface area (Å²) in [5.74, 6) is 1.68. The molecular weight excluding hydrogens is 1500 g/mol. The second-order valence-electron chi connectivity index (χ2n) is 21.8. The molecule has 18 heteroatoms. The Hall–Kier alpha value is -11.2. The topological polar surface area (TPSA) is 143 Å². The van der Waals surface area contributed by atoms with Gasteiger partial charge in [-0.15, -0.1) is 95.1 Å². The Morgan fingerprint density at radius 3 is 1.47 bits per heavy atom. The number of hydrogen-bond acceptors (Lipinski definition) is 8. The molecule has 18 aromatic rings. The molecular formula is C74H48N16Pt2. The molecule has 0 fully saturated rings. The fraction of sp³-hybridized carbons (Fsp3) is 0.0270. The number of pyridine rings is 2. The molecule has 0 N–H and O–H groups in total. The Morgan fingerprint density at radius 2 is 0.837 bits per heavy atom. The number of aryl methyl sites for hydroxylation is 2. The molecule has 0 saturated heterocycles. The van der Waals surface area contributed by atoms with Gasteiger partial charge in [-0.25, -0.2) is 14.0 Å². The van der Waals surface area contributed by atoms with Crippen LogP contribution < -0.4 is 0 Å². The van der Waals surface area contributed by atoms with Crippen molar-refractivity contribution in [2.45, 2.75) is 0 Å². The number of nitrogens with zero attached hydrogens (tertiary/aromatic N) is 16. The molecule has 0 aliphatic carbocycles. The van der Waals surface area contributed by atoms with Gasteiger partial charge in [0.15, 0.2) is 0 Å². The molecule has 0 atom stereocenters. The van der Waals surface area contributed by atoms with Crippen molar-refractivity contribution < 1.29 is 42.1 Å². The summed E-state index contributed by atoms with van der Waals surface area (Å²) in [4.78, 5) is 19.3. The molecule has 16 nitrogen and oxygen atoms in total. The molecule has 0 radical (unpaired) electrons. The van der Waals surface area contributed by atoms with Gasteiger partial charge in [-0.05, 0) is 147 Å². The average molecular weight is 1550 g/mol. The number of fused-ring (bicyclic) bond motifs is 8. The van der Waals surface area contributed by atoms with Gasteiger partial charge in [0.1, 0.15) is 0 Å². The third-order valence-corrected chi connectivity index (χ3v) is 16.5. The molecule has 10 aromatic heterocycles. The Morgan fingerprint density at radius 1 is 0.315 bits per heavy atom. The van der Waals surface area contributed by atoms with Crippen LogP contribution in [0.3, 0.4) is 0 Å². The van der Waals surface area contributed by atoms with Crippen LogP contribution in [0.1, 0.15) is 0 Å². The van der Waals surface area contributed by atoms with Gasteiger partial charge in [-0.2, -0.15) is 20.4 Å². The Balaban J connectivity index is 0.000000149. The van der Waals surface area contributed by atoms with E-state index in [9.17, 15) is 0 Å². The molecule has 0 amide bonds. The van der Waals surface area contributed by atoms with Crippen LogP contribution >= 0.6 is 0 Å². The standard InChI is InChI=1S/2C37H24N8.2Pt/c1-42-35-15-12-28(44-20-6-18-40-44)24-33(35)41-37(42)26-10-13-30-31-23-27(43-19-5-17-39-43)11-14-34(31)45(36(30)22-26)29-8-4-7-25(21-29)32-9-2-3-16-38-32;1-42-36-24-27(43-18-6-16-39-43)12-14-33(36)41-37(42)25-11-13-31-30-8-2-3-10-34(30)45(35(31)22-25)29-21-26(32-9-4-5-15-38-32)20-28(23-29)44-19-7-17-40-44;;/h2*2-20,23-24H,1H3;;/q2*-2;2*+2. The second kappa shape index (κ2) is 23.6. The Kier molecular flexibility index (Phi) is 14.7. The smallest absolute Gasteiger partial charge is 0.367 e. The predicted molar refractivity (Wildman–Crippen MR) is 351 cm³/mol. The van der Waals surface area contributed by atoms with Crippen molar-refractivity contribution in [2.24, 2.45) is 14.1 Å². The van der Waals surface area contributed by atoms with E-state index in [2.05, 4.69) is 188 Å². The average Bonchev–Trinajstić information content (AvgIpc) is 1.61. The fourth-order valence-corrected chi connectivity index (χ4v) is 12.3. The van der Waals surface area contributed by atoms with Crippen LogP contribution in [-0.2, 0) is 56.2 Å². The maximum atomic E-state index is 5.07. The molecule has 0 unspecified atom stereocenters. The summed E-state index contributed by atoms with van der Waals surface area (Å²) in [5.41, 5.74) is 18.8. The van der Waals surface area contributed by atoms with E-state index in [0.717, 1.165) is 145 Å². The predicted octanol–water partition coefficient (Wildman–Crippen LogP) is 14.7. The first kappa shape index (κ1) is 57.3. The van der Waals surface area contributed by atoms with Crippen LogP contribution in [0.25, 0.3) is 145 Å². The van der Waals surface area contributed by atoms with Crippen molar-refractivity contribution >= 4 is 65.7 Å². The molecule has 18 rings (SSSR count). The van der Waals surface area contributed by atoms with Crippen LogP contribution in [0.5, 0.6) is 0 Å². The van der Waals surface area contributed by atoms with Crippen LogP contribution in [0.4, 0.5) is 0 Å². The van der Waals surface area contributed by atoms with Gasteiger partial charge in [0.05, 0.1) is 50.8 Å². The fourth-order valence-electron chi connectivity index (χ4n) is 12.3. The second-order valence-corrected chi connectivity index (χ2v) is 21.8. The number of hydrogen-bond donors (Lipinski definition) is 0. The van der Waals surface area contributed by atoms with E-state index in [1.54, 1.807) is 31.0 Å². The Labute approximate surface area is 555 Å².